The number of carbonyl (C=O) groups excluding carboxylic acids is 1. The molecule has 0 fully saturated rings. The number of unbranched alkanes of at least 4 members (excludes halogenated alkanes) is 11. The van der Waals surface area contributed by atoms with E-state index >= 15 is 0 Å². The van der Waals surface area contributed by atoms with Crippen LogP contribution in [0.25, 0.3) is 0 Å². The summed E-state index contributed by atoms with van der Waals surface area (Å²) in [7, 11) is 0. The number of nitrogens with two attached hydrogens (primary N) is 1. The van der Waals surface area contributed by atoms with Crippen molar-refractivity contribution in [2.45, 2.75) is 104 Å². The maximum absolute atomic E-state index is 10.3. The molecule has 0 aliphatic heterocycles. The number of hydrogen-bond acceptors (Lipinski definition) is 2. The van der Waals surface area contributed by atoms with Crippen molar-refractivity contribution >= 4 is 11.9 Å². The predicted molar refractivity (Wildman–Crippen MR) is 102 cm³/mol. The largest absolute Gasteiger partial charge is 0.481 e. The molecule has 0 saturated heterocycles. The summed E-state index contributed by atoms with van der Waals surface area (Å²) in [4.78, 5) is 19.5. The molecule has 4 heteroatoms. The third-order valence-electron chi connectivity index (χ3n) is 3.65. The van der Waals surface area contributed by atoms with Crippen LogP contribution in [0, 0.1) is 0 Å². The quantitative estimate of drug-likeness (QED) is 0.300. The number of primary amides is 1. The van der Waals surface area contributed by atoms with Crippen LogP contribution in [0.1, 0.15) is 104 Å². The van der Waals surface area contributed by atoms with Crippen molar-refractivity contribution in [1.82, 2.24) is 0 Å². The smallest absolute Gasteiger partial charge is 0.303 e. The summed E-state index contributed by atoms with van der Waals surface area (Å²) in [6, 6.07) is 0. The number of carboxylic acid groups (broad SMARTS) is 1. The van der Waals surface area contributed by atoms with Crippen molar-refractivity contribution in [3.05, 3.63) is 12.2 Å². The molecule has 0 spiro atoms. The van der Waals surface area contributed by atoms with Gasteiger partial charge in [0.25, 0.3) is 0 Å². The van der Waals surface area contributed by atoms with E-state index in [9.17, 15) is 9.59 Å². The maximum atomic E-state index is 10.3. The molecule has 24 heavy (non-hydrogen) atoms. The SMILES string of the molecule is CC(N)=O.CCCCCCCCC=CCCCCCCCC(=O)O. The van der Waals surface area contributed by atoms with Crippen LogP contribution < -0.4 is 5.73 Å². The highest BCUT2D eigenvalue weighted by Crippen LogP contribution is 2.09. The Morgan fingerprint density at radius 1 is 0.792 bits per heavy atom. The van der Waals surface area contributed by atoms with Crippen LogP contribution in [0.4, 0.5) is 0 Å². The monoisotopic (exact) mass is 341 g/mol. The number of amides is 1. The lowest BCUT2D eigenvalue weighted by Crippen LogP contribution is -2.01. The van der Waals surface area contributed by atoms with Crippen molar-refractivity contribution in [1.29, 1.82) is 0 Å². The number of aliphatic carboxylic acids is 1. The van der Waals surface area contributed by atoms with E-state index in [1.165, 1.54) is 77.6 Å². The minimum Gasteiger partial charge on any atom is -0.481 e. The van der Waals surface area contributed by atoms with Gasteiger partial charge in [0.2, 0.25) is 5.91 Å². The van der Waals surface area contributed by atoms with Gasteiger partial charge in [-0.05, 0) is 32.1 Å². The molecule has 4 nitrogen and oxygen atoms in total. The van der Waals surface area contributed by atoms with E-state index < -0.39 is 5.97 Å². The Labute approximate surface area is 148 Å². The van der Waals surface area contributed by atoms with Crippen LogP contribution in [0.3, 0.4) is 0 Å². The molecule has 0 atom stereocenters. The third-order valence-corrected chi connectivity index (χ3v) is 3.65. The van der Waals surface area contributed by atoms with Gasteiger partial charge in [0.15, 0.2) is 0 Å². The fourth-order valence-electron chi connectivity index (χ4n) is 2.35. The van der Waals surface area contributed by atoms with Crippen molar-refractivity contribution < 1.29 is 14.7 Å². The molecule has 0 aliphatic carbocycles. The van der Waals surface area contributed by atoms with Crippen LogP contribution in [0.5, 0.6) is 0 Å². The number of allylic oxidation sites excluding steroid dienone is 2. The lowest BCUT2D eigenvalue weighted by molar-refractivity contribution is -0.137. The molecule has 0 aromatic carbocycles. The summed E-state index contributed by atoms with van der Waals surface area (Å²) in [6.45, 7) is 3.56. The van der Waals surface area contributed by atoms with Gasteiger partial charge in [0, 0.05) is 13.3 Å². The Morgan fingerprint density at radius 3 is 1.58 bits per heavy atom. The molecule has 0 bridgehead atoms. The fraction of sp³-hybridized carbons (Fsp3) is 0.800. The van der Waals surface area contributed by atoms with E-state index in [1.54, 1.807) is 0 Å². The van der Waals surface area contributed by atoms with E-state index in [-0.39, 0.29) is 5.91 Å². The zero-order valence-electron chi connectivity index (χ0n) is 15.9. The molecule has 0 aliphatic rings. The highest BCUT2D eigenvalue weighted by Gasteiger charge is 1.95. The van der Waals surface area contributed by atoms with E-state index in [0.717, 1.165) is 12.8 Å². The molecule has 0 unspecified atom stereocenters. The van der Waals surface area contributed by atoms with Crippen molar-refractivity contribution in [3.63, 3.8) is 0 Å². The highest BCUT2D eigenvalue weighted by molar-refractivity contribution is 5.70. The Bertz CT molecular complexity index is 310. The summed E-state index contributed by atoms with van der Waals surface area (Å²) < 4.78 is 0. The molecule has 142 valence electrons. The Kier molecular flexibility index (Phi) is 22.5. The van der Waals surface area contributed by atoms with Gasteiger partial charge in [-0.3, -0.25) is 9.59 Å². The summed E-state index contributed by atoms with van der Waals surface area (Å²) in [6.07, 6.45) is 21.2. The van der Waals surface area contributed by atoms with E-state index in [4.69, 9.17) is 5.11 Å². The predicted octanol–water partition coefficient (Wildman–Crippen LogP) is 5.60. The average Bonchev–Trinajstić information content (AvgIpc) is 2.50. The molecule has 0 aromatic heterocycles. The van der Waals surface area contributed by atoms with Gasteiger partial charge in [-0.25, -0.2) is 0 Å². The molecule has 0 aromatic rings. The van der Waals surface area contributed by atoms with Gasteiger partial charge in [-0.2, -0.15) is 0 Å². The van der Waals surface area contributed by atoms with E-state index in [1.807, 2.05) is 0 Å². The second-order valence-electron chi connectivity index (χ2n) is 6.34. The van der Waals surface area contributed by atoms with Crippen LogP contribution in [0.2, 0.25) is 0 Å². The van der Waals surface area contributed by atoms with Crippen LogP contribution in [-0.2, 0) is 9.59 Å². The minimum absolute atomic E-state index is 0.332. The zero-order chi connectivity index (χ0) is 18.5. The number of carbonyl (C=O) groups is 2. The van der Waals surface area contributed by atoms with E-state index in [2.05, 4.69) is 24.8 Å². The first-order valence-electron chi connectivity index (χ1n) is 9.63. The fourth-order valence-corrected chi connectivity index (χ4v) is 2.35. The summed E-state index contributed by atoms with van der Waals surface area (Å²) in [5.74, 6) is -0.998. The molecule has 0 heterocycles. The van der Waals surface area contributed by atoms with Crippen molar-refractivity contribution in [3.8, 4) is 0 Å². The van der Waals surface area contributed by atoms with Crippen LogP contribution in [0.15, 0.2) is 12.2 Å². The Morgan fingerprint density at radius 2 is 1.17 bits per heavy atom. The summed E-state index contributed by atoms with van der Waals surface area (Å²) in [5, 5.41) is 8.51. The number of hydrogen-bond donors (Lipinski definition) is 2. The molecule has 0 saturated carbocycles. The van der Waals surface area contributed by atoms with Gasteiger partial charge in [-0.1, -0.05) is 70.4 Å². The van der Waals surface area contributed by atoms with Gasteiger partial charge < -0.3 is 10.8 Å². The van der Waals surface area contributed by atoms with E-state index in [0.29, 0.717) is 6.42 Å². The van der Waals surface area contributed by atoms with Crippen LogP contribution in [-0.4, -0.2) is 17.0 Å². The molecule has 3 N–H and O–H groups in total. The summed E-state index contributed by atoms with van der Waals surface area (Å²) in [5.41, 5.74) is 4.47. The number of rotatable bonds is 15. The second-order valence-corrected chi connectivity index (χ2v) is 6.34. The Hall–Kier alpha value is -1.32. The number of carboxylic acids is 1. The standard InChI is InChI=1S/C18H34O2.C2H5NO/c1-2-3-4-5-6-7-8-9-10-11-12-13-14-15-16-17-18(19)20;1-2(3)4/h9-10H,2-8,11-17H2,1H3,(H,19,20);1H3,(H2,3,4). The molecular formula is C20H39NO3. The maximum Gasteiger partial charge on any atom is 0.303 e. The molecule has 0 rings (SSSR count). The first-order valence-corrected chi connectivity index (χ1v) is 9.63. The molecular weight excluding hydrogens is 302 g/mol. The van der Waals surface area contributed by atoms with Crippen molar-refractivity contribution in [2.24, 2.45) is 5.73 Å². The highest BCUT2D eigenvalue weighted by atomic mass is 16.4. The second kappa shape index (κ2) is 21.7. The lowest BCUT2D eigenvalue weighted by Gasteiger charge is -1.99. The summed E-state index contributed by atoms with van der Waals surface area (Å²) >= 11 is 0. The van der Waals surface area contributed by atoms with Gasteiger partial charge in [0.05, 0.1) is 0 Å². The van der Waals surface area contributed by atoms with Gasteiger partial charge >= 0.3 is 5.97 Å². The molecule has 1 amide bonds. The first-order chi connectivity index (χ1) is 11.5. The van der Waals surface area contributed by atoms with Crippen LogP contribution >= 0.6 is 0 Å². The lowest BCUT2D eigenvalue weighted by atomic mass is 10.1. The first kappa shape index (κ1) is 24.9. The zero-order valence-corrected chi connectivity index (χ0v) is 15.9. The van der Waals surface area contributed by atoms with Gasteiger partial charge in [-0.15, -0.1) is 0 Å². The Balaban J connectivity index is 0. The van der Waals surface area contributed by atoms with Crippen molar-refractivity contribution in [2.75, 3.05) is 0 Å². The normalized spacial score (nSPS) is 10.4. The average molecular weight is 342 g/mol. The third kappa shape index (κ3) is 32.6. The minimum atomic E-state index is -0.664. The topological polar surface area (TPSA) is 80.4 Å². The molecule has 0 radical (unpaired) electrons. The van der Waals surface area contributed by atoms with Gasteiger partial charge in [0.1, 0.15) is 0 Å².